The van der Waals surface area contributed by atoms with Crippen molar-refractivity contribution in [2.24, 2.45) is 0 Å². The Morgan fingerprint density at radius 3 is 0.704 bits per heavy atom. The monoisotopic (exact) mass is 405 g/mol. The average Bonchev–Trinajstić information content (AvgIpc) is 2.72. The van der Waals surface area contributed by atoms with Gasteiger partial charge in [0.2, 0.25) is 0 Å². The predicted molar refractivity (Wildman–Crippen MR) is 128 cm³/mol. The zero-order valence-corrected chi connectivity index (χ0v) is 16.1. The van der Waals surface area contributed by atoms with E-state index in [1.807, 2.05) is 0 Å². The fraction of sp³-hybridized carbons (Fsp3) is 0. The lowest BCUT2D eigenvalue weighted by Gasteiger charge is -2.27. The molecule has 4 aromatic carbocycles. The number of halogens is 1. The Labute approximate surface area is 179 Å². The van der Waals surface area contributed by atoms with Gasteiger partial charge in [-0.1, -0.05) is 72.8 Å². The summed E-state index contributed by atoms with van der Waals surface area (Å²) < 4.78 is 0. The smallest absolute Gasteiger partial charge is 0.147 e. The van der Waals surface area contributed by atoms with Crippen molar-refractivity contribution in [3.05, 3.63) is 121 Å². The maximum atomic E-state index is 2.28. The Morgan fingerprint density at radius 1 is 0.333 bits per heavy atom. The third kappa shape index (κ3) is 4.03. The minimum Gasteiger partial charge on any atom is -0.147 e. The summed E-state index contributed by atoms with van der Waals surface area (Å²) in [6.07, 6.45) is 0. The lowest BCUT2D eigenvalue weighted by molar-refractivity contribution is 1.71. The molecule has 0 radical (unpaired) electrons. The standard InChI is InChI=1S/C24H20P.Al.ClH.3H/c1-5-13-21(14-6-1)25(22-15-7-2-8-16-22,23-17-9-3-10-18-23)24-19-11-4-12-20-24;;;;;/h1-20H;;1H;;;/q+1;;;;;. The summed E-state index contributed by atoms with van der Waals surface area (Å²) in [4.78, 5) is 0. The molecule has 0 saturated heterocycles. The van der Waals surface area contributed by atoms with Gasteiger partial charge in [0.25, 0.3) is 0 Å². The van der Waals surface area contributed by atoms with Gasteiger partial charge in [-0.2, -0.15) is 0 Å². The summed E-state index contributed by atoms with van der Waals surface area (Å²) >= 11 is 0. The molecule has 0 nitrogen and oxygen atoms in total. The summed E-state index contributed by atoms with van der Waals surface area (Å²) in [5, 5.41) is 5.55. The molecule has 0 N–H and O–H groups in total. The van der Waals surface area contributed by atoms with Crippen LogP contribution in [-0.4, -0.2) is 17.4 Å². The van der Waals surface area contributed by atoms with E-state index in [4.69, 9.17) is 0 Å². The fourth-order valence-electron chi connectivity index (χ4n) is 3.50. The molecule has 0 aromatic heterocycles. The van der Waals surface area contributed by atoms with E-state index in [-0.39, 0.29) is 29.8 Å². The molecule has 0 amide bonds. The van der Waals surface area contributed by atoms with Crippen molar-refractivity contribution in [2.45, 2.75) is 0 Å². The molecule has 0 spiro atoms. The summed E-state index contributed by atoms with van der Waals surface area (Å²) in [5.74, 6) is 0. The maximum Gasteiger partial charge on any atom is 0.187 e. The second-order valence-corrected chi connectivity index (χ2v) is 9.42. The zero-order valence-electron chi connectivity index (χ0n) is 14.4. The van der Waals surface area contributed by atoms with Crippen molar-refractivity contribution < 1.29 is 0 Å². The van der Waals surface area contributed by atoms with Gasteiger partial charge in [0.15, 0.2) is 17.4 Å². The van der Waals surface area contributed by atoms with Crippen LogP contribution in [0.2, 0.25) is 0 Å². The molecule has 0 saturated carbocycles. The van der Waals surface area contributed by atoms with Gasteiger partial charge in [-0.05, 0) is 48.5 Å². The first-order chi connectivity index (χ1) is 12.4. The molecule has 0 unspecified atom stereocenters. The number of hydrogen-bond donors (Lipinski definition) is 0. The largest absolute Gasteiger partial charge is 0.187 e. The highest BCUT2D eigenvalue weighted by molar-refractivity contribution is 8.01. The first-order valence-corrected chi connectivity index (χ1v) is 10.3. The van der Waals surface area contributed by atoms with Gasteiger partial charge < -0.3 is 0 Å². The molecule has 27 heavy (non-hydrogen) atoms. The van der Waals surface area contributed by atoms with Crippen LogP contribution in [0.5, 0.6) is 0 Å². The van der Waals surface area contributed by atoms with Crippen molar-refractivity contribution in [1.82, 2.24) is 0 Å². The van der Waals surface area contributed by atoms with E-state index in [0.29, 0.717) is 0 Å². The van der Waals surface area contributed by atoms with Crippen molar-refractivity contribution in [1.29, 1.82) is 0 Å². The molecule has 0 bridgehead atoms. The van der Waals surface area contributed by atoms with Crippen LogP contribution in [0.25, 0.3) is 0 Å². The highest BCUT2D eigenvalue weighted by Gasteiger charge is 2.47. The second-order valence-electron chi connectivity index (χ2n) is 6.01. The number of benzene rings is 4. The van der Waals surface area contributed by atoms with Gasteiger partial charge in [-0.25, -0.2) is 0 Å². The second kappa shape index (κ2) is 9.89. The van der Waals surface area contributed by atoms with Gasteiger partial charge in [-0.3, -0.25) is 0 Å². The molecule has 0 atom stereocenters. The first-order valence-electron chi connectivity index (χ1n) is 8.54. The van der Waals surface area contributed by atoms with Crippen LogP contribution in [0.1, 0.15) is 0 Å². The molecular weight excluding hydrogens is 382 g/mol. The summed E-state index contributed by atoms with van der Waals surface area (Å²) in [6.45, 7) is 0. The van der Waals surface area contributed by atoms with Crippen molar-refractivity contribution >= 4 is 58.2 Å². The van der Waals surface area contributed by atoms with E-state index < -0.39 is 7.26 Å². The van der Waals surface area contributed by atoms with Crippen LogP contribution >= 0.6 is 19.7 Å². The molecule has 134 valence electrons. The average molecular weight is 406 g/mol. The summed E-state index contributed by atoms with van der Waals surface area (Å²) in [6, 6.07) is 43.8. The minimum atomic E-state index is -1.91. The zero-order chi connectivity index (χ0) is 17.0. The van der Waals surface area contributed by atoms with Gasteiger partial charge in [0.1, 0.15) is 28.5 Å². The van der Waals surface area contributed by atoms with Gasteiger partial charge >= 0.3 is 0 Å². The fourth-order valence-corrected chi connectivity index (χ4v) is 7.77. The molecular formula is C24H24AlClP+. The maximum absolute atomic E-state index is 2.28. The van der Waals surface area contributed by atoms with Crippen LogP contribution in [0.4, 0.5) is 0 Å². The molecule has 3 heteroatoms. The van der Waals surface area contributed by atoms with E-state index >= 15 is 0 Å². The van der Waals surface area contributed by atoms with Crippen LogP contribution in [0.15, 0.2) is 121 Å². The van der Waals surface area contributed by atoms with Gasteiger partial charge in [0, 0.05) is 0 Å². The molecule has 0 aliphatic rings. The molecule has 0 fully saturated rings. The Morgan fingerprint density at radius 2 is 0.519 bits per heavy atom. The topological polar surface area (TPSA) is 0 Å². The number of rotatable bonds is 4. The lowest BCUT2D eigenvalue weighted by Crippen LogP contribution is -2.38. The van der Waals surface area contributed by atoms with E-state index in [9.17, 15) is 0 Å². The minimum absolute atomic E-state index is 0. The third-order valence-electron chi connectivity index (χ3n) is 4.57. The van der Waals surface area contributed by atoms with E-state index in [1.165, 1.54) is 21.2 Å². The van der Waals surface area contributed by atoms with E-state index in [0.717, 1.165) is 0 Å². The van der Waals surface area contributed by atoms with Gasteiger partial charge in [-0.15, -0.1) is 12.4 Å². The normalized spacial score (nSPS) is 10.4. The molecule has 4 aromatic rings. The Kier molecular flexibility index (Phi) is 7.85. The highest BCUT2D eigenvalue weighted by atomic mass is 35.5. The van der Waals surface area contributed by atoms with Crippen LogP contribution < -0.4 is 21.2 Å². The quantitative estimate of drug-likeness (QED) is 0.360. The first kappa shape index (κ1) is 21.4. The summed E-state index contributed by atoms with van der Waals surface area (Å²) in [7, 11) is -1.91. The predicted octanol–water partition coefficient (Wildman–Crippen LogP) is 3.54. The van der Waals surface area contributed by atoms with Crippen molar-refractivity contribution in [3.8, 4) is 0 Å². The van der Waals surface area contributed by atoms with E-state index in [2.05, 4.69) is 121 Å². The Balaban J connectivity index is 0.00000131. The van der Waals surface area contributed by atoms with Crippen molar-refractivity contribution in [2.75, 3.05) is 0 Å². The van der Waals surface area contributed by atoms with Crippen LogP contribution in [0, 0.1) is 0 Å². The molecule has 4 rings (SSSR count). The summed E-state index contributed by atoms with van der Waals surface area (Å²) in [5.41, 5.74) is 0. The Hall–Kier alpha value is -1.87. The molecule has 0 heterocycles. The Bertz CT molecular complexity index is 765. The van der Waals surface area contributed by atoms with Crippen LogP contribution in [0.3, 0.4) is 0 Å². The third-order valence-corrected chi connectivity index (χ3v) is 8.86. The lowest BCUT2D eigenvalue weighted by atomic mass is 10.3. The molecule has 0 aliphatic carbocycles. The van der Waals surface area contributed by atoms with Crippen molar-refractivity contribution in [3.63, 3.8) is 0 Å². The highest BCUT2D eigenvalue weighted by Crippen LogP contribution is 2.53. The SMILES string of the molecule is Cl.[AlH3].c1ccc([P+](c2ccccc2)(c2ccccc2)c2ccccc2)cc1. The number of hydrogen-bond acceptors (Lipinski definition) is 0. The van der Waals surface area contributed by atoms with Gasteiger partial charge in [0.05, 0.1) is 0 Å². The molecule has 0 aliphatic heterocycles. The van der Waals surface area contributed by atoms with E-state index in [1.54, 1.807) is 0 Å². The van der Waals surface area contributed by atoms with Crippen LogP contribution in [-0.2, 0) is 0 Å².